The largest absolute Gasteiger partial charge is 0.342 e. The van der Waals surface area contributed by atoms with E-state index in [1.165, 1.54) is 0 Å². The van der Waals surface area contributed by atoms with Gasteiger partial charge in [0, 0.05) is 6.04 Å². The molecule has 1 heterocycles. The van der Waals surface area contributed by atoms with E-state index in [0.717, 1.165) is 25.7 Å². The molecule has 1 unspecified atom stereocenters. The first-order valence-corrected chi connectivity index (χ1v) is 7.07. The third kappa shape index (κ3) is 2.02. The Morgan fingerprint density at radius 1 is 1.28 bits per heavy atom. The minimum Gasteiger partial charge on any atom is -0.342 e. The molecule has 4 heteroatoms. The number of hydrogen-bond donors (Lipinski definition) is 1. The number of amides is 2. The third-order valence-corrected chi connectivity index (χ3v) is 4.35. The summed E-state index contributed by atoms with van der Waals surface area (Å²) >= 11 is 0. The Balaban J connectivity index is 2.30. The standard InChI is InChI=1S/C14H24N2O2/c1-5-10(6-2)16-12(17)11(9-7-8-9)15-13(18)14(16,3)4/h9-11H,5-8H2,1-4H3,(H,15,18). The molecule has 1 N–H and O–H groups in total. The van der Waals surface area contributed by atoms with Crippen LogP contribution in [-0.2, 0) is 9.59 Å². The molecule has 102 valence electrons. The van der Waals surface area contributed by atoms with Gasteiger partial charge in [-0.3, -0.25) is 9.59 Å². The Bertz CT molecular complexity index is 357. The first kappa shape index (κ1) is 13.4. The lowest BCUT2D eigenvalue weighted by atomic mass is 9.90. The van der Waals surface area contributed by atoms with Crippen molar-refractivity contribution >= 4 is 11.8 Å². The summed E-state index contributed by atoms with van der Waals surface area (Å²) in [6, 6.07) is -0.106. The zero-order valence-corrected chi connectivity index (χ0v) is 11.8. The number of piperazine rings is 1. The molecule has 1 atom stereocenters. The molecule has 1 aliphatic heterocycles. The average molecular weight is 252 g/mol. The summed E-state index contributed by atoms with van der Waals surface area (Å²) in [5.41, 5.74) is -0.723. The van der Waals surface area contributed by atoms with Gasteiger partial charge in [0.2, 0.25) is 11.8 Å². The van der Waals surface area contributed by atoms with Crippen LogP contribution in [0, 0.1) is 5.92 Å². The van der Waals surface area contributed by atoms with Crippen molar-refractivity contribution < 1.29 is 9.59 Å². The number of carbonyl (C=O) groups excluding carboxylic acids is 2. The van der Waals surface area contributed by atoms with Crippen molar-refractivity contribution in [3.05, 3.63) is 0 Å². The second kappa shape index (κ2) is 4.56. The second-order valence-electron chi connectivity index (χ2n) is 6.03. The second-order valence-corrected chi connectivity index (χ2v) is 6.03. The van der Waals surface area contributed by atoms with E-state index in [-0.39, 0.29) is 23.9 Å². The molecule has 1 saturated heterocycles. The number of rotatable bonds is 4. The molecule has 4 nitrogen and oxygen atoms in total. The Morgan fingerprint density at radius 3 is 2.28 bits per heavy atom. The Labute approximate surface area is 109 Å². The van der Waals surface area contributed by atoms with Gasteiger partial charge in [-0.15, -0.1) is 0 Å². The fourth-order valence-electron chi connectivity index (χ4n) is 2.95. The maximum atomic E-state index is 12.6. The molecule has 0 aromatic heterocycles. The Hall–Kier alpha value is -1.06. The van der Waals surface area contributed by atoms with Crippen LogP contribution in [0.25, 0.3) is 0 Å². The fraction of sp³-hybridized carbons (Fsp3) is 0.857. The minimum atomic E-state index is -0.723. The van der Waals surface area contributed by atoms with E-state index in [1.807, 2.05) is 18.7 Å². The summed E-state index contributed by atoms with van der Waals surface area (Å²) in [4.78, 5) is 26.7. The normalized spacial score (nSPS) is 27.6. The van der Waals surface area contributed by atoms with Gasteiger partial charge in [0.1, 0.15) is 11.6 Å². The van der Waals surface area contributed by atoms with Gasteiger partial charge in [-0.05, 0) is 45.4 Å². The number of nitrogens with zero attached hydrogens (tertiary/aromatic N) is 1. The molecule has 0 aromatic rings. The Kier molecular flexibility index (Phi) is 3.39. The summed E-state index contributed by atoms with van der Waals surface area (Å²) < 4.78 is 0. The molecule has 0 radical (unpaired) electrons. The summed E-state index contributed by atoms with van der Waals surface area (Å²) in [6.07, 6.45) is 3.93. The number of hydrogen-bond acceptors (Lipinski definition) is 2. The SMILES string of the molecule is CCC(CC)N1C(=O)C(C2CC2)NC(=O)C1(C)C. The third-order valence-electron chi connectivity index (χ3n) is 4.35. The van der Waals surface area contributed by atoms with E-state index in [2.05, 4.69) is 19.2 Å². The first-order chi connectivity index (χ1) is 8.43. The van der Waals surface area contributed by atoms with E-state index in [4.69, 9.17) is 0 Å². The van der Waals surface area contributed by atoms with Crippen LogP contribution in [0.4, 0.5) is 0 Å². The van der Waals surface area contributed by atoms with Crippen LogP contribution in [0.3, 0.4) is 0 Å². The summed E-state index contributed by atoms with van der Waals surface area (Å²) in [7, 11) is 0. The molecule has 2 fully saturated rings. The van der Waals surface area contributed by atoms with E-state index in [0.29, 0.717) is 5.92 Å². The zero-order chi connectivity index (χ0) is 13.5. The van der Waals surface area contributed by atoms with Crippen LogP contribution in [0.15, 0.2) is 0 Å². The van der Waals surface area contributed by atoms with Crippen molar-refractivity contribution in [2.24, 2.45) is 5.92 Å². The first-order valence-electron chi connectivity index (χ1n) is 7.07. The van der Waals surface area contributed by atoms with E-state index in [9.17, 15) is 9.59 Å². The molecular weight excluding hydrogens is 228 g/mol. The summed E-state index contributed by atoms with van der Waals surface area (Å²) in [5, 5.41) is 2.92. The molecule has 2 rings (SSSR count). The Morgan fingerprint density at radius 2 is 1.83 bits per heavy atom. The van der Waals surface area contributed by atoms with Crippen LogP contribution in [0.5, 0.6) is 0 Å². The maximum Gasteiger partial charge on any atom is 0.246 e. The molecule has 0 bridgehead atoms. The van der Waals surface area contributed by atoms with Gasteiger partial charge >= 0.3 is 0 Å². The fourth-order valence-corrected chi connectivity index (χ4v) is 2.95. The highest BCUT2D eigenvalue weighted by atomic mass is 16.2. The smallest absolute Gasteiger partial charge is 0.246 e. The highest BCUT2D eigenvalue weighted by Gasteiger charge is 2.52. The quantitative estimate of drug-likeness (QED) is 0.827. The van der Waals surface area contributed by atoms with Gasteiger partial charge in [0.05, 0.1) is 0 Å². The molecule has 0 aromatic carbocycles. The zero-order valence-electron chi connectivity index (χ0n) is 11.8. The van der Waals surface area contributed by atoms with Crippen molar-refractivity contribution in [2.75, 3.05) is 0 Å². The van der Waals surface area contributed by atoms with Crippen molar-refractivity contribution in [3.8, 4) is 0 Å². The summed E-state index contributed by atoms with van der Waals surface area (Å²) in [6.45, 7) is 7.86. The van der Waals surface area contributed by atoms with Crippen LogP contribution < -0.4 is 5.32 Å². The van der Waals surface area contributed by atoms with Crippen molar-refractivity contribution in [1.29, 1.82) is 0 Å². The lowest BCUT2D eigenvalue weighted by Crippen LogP contribution is -2.70. The predicted octanol–water partition coefficient (Wildman–Crippen LogP) is 1.69. The molecular formula is C14H24N2O2. The summed E-state index contributed by atoms with van der Waals surface area (Å²) in [5.74, 6) is 0.483. The molecule has 18 heavy (non-hydrogen) atoms. The van der Waals surface area contributed by atoms with Crippen LogP contribution in [0.2, 0.25) is 0 Å². The van der Waals surface area contributed by atoms with Gasteiger partial charge < -0.3 is 10.2 Å². The lowest BCUT2D eigenvalue weighted by molar-refractivity contribution is -0.159. The minimum absolute atomic E-state index is 0.00843. The highest BCUT2D eigenvalue weighted by molar-refractivity contribution is 5.99. The van der Waals surface area contributed by atoms with Crippen LogP contribution >= 0.6 is 0 Å². The van der Waals surface area contributed by atoms with Gasteiger partial charge in [0.15, 0.2) is 0 Å². The van der Waals surface area contributed by atoms with Crippen molar-refractivity contribution in [1.82, 2.24) is 10.2 Å². The van der Waals surface area contributed by atoms with Gasteiger partial charge in [-0.2, -0.15) is 0 Å². The van der Waals surface area contributed by atoms with E-state index < -0.39 is 5.54 Å². The predicted molar refractivity (Wildman–Crippen MR) is 69.9 cm³/mol. The molecule has 2 amide bonds. The van der Waals surface area contributed by atoms with Crippen molar-refractivity contribution in [2.45, 2.75) is 71.0 Å². The number of nitrogens with one attached hydrogen (secondary N) is 1. The molecule has 1 saturated carbocycles. The number of carbonyl (C=O) groups is 2. The van der Waals surface area contributed by atoms with Crippen LogP contribution in [-0.4, -0.2) is 34.3 Å². The van der Waals surface area contributed by atoms with Crippen molar-refractivity contribution in [3.63, 3.8) is 0 Å². The van der Waals surface area contributed by atoms with E-state index >= 15 is 0 Å². The maximum absolute atomic E-state index is 12.6. The molecule has 2 aliphatic rings. The van der Waals surface area contributed by atoms with Crippen LogP contribution in [0.1, 0.15) is 53.4 Å². The topological polar surface area (TPSA) is 49.4 Å². The van der Waals surface area contributed by atoms with Gasteiger partial charge in [0.25, 0.3) is 0 Å². The highest BCUT2D eigenvalue weighted by Crippen LogP contribution is 2.37. The lowest BCUT2D eigenvalue weighted by Gasteiger charge is -2.48. The van der Waals surface area contributed by atoms with Gasteiger partial charge in [-0.1, -0.05) is 13.8 Å². The average Bonchev–Trinajstić information content (AvgIpc) is 3.13. The molecule has 1 aliphatic carbocycles. The van der Waals surface area contributed by atoms with Gasteiger partial charge in [-0.25, -0.2) is 0 Å². The monoisotopic (exact) mass is 252 g/mol. The van der Waals surface area contributed by atoms with E-state index in [1.54, 1.807) is 0 Å². The molecule has 0 spiro atoms.